The smallest absolute Gasteiger partial charge is 0.253 e. The third-order valence-electron chi connectivity index (χ3n) is 7.36. The average molecular weight is 581 g/mol. The van der Waals surface area contributed by atoms with Crippen LogP contribution in [0.15, 0.2) is 64.4 Å². The molecule has 1 saturated heterocycles. The van der Waals surface area contributed by atoms with Gasteiger partial charge in [-0.05, 0) is 61.7 Å². The molecular formula is C29H36N6O3S2. The first-order valence-corrected chi connectivity index (χ1v) is 16.2. The van der Waals surface area contributed by atoms with Gasteiger partial charge in [0.25, 0.3) is 10.0 Å². The molecule has 4 heterocycles. The van der Waals surface area contributed by atoms with E-state index in [4.69, 9.17) is 4.98 Å². The molecule has 1 fully saturated rings. The average Bonchev–Trinajstić information content (AvgIpc) is 3.64. The Morgan fingerprint density at radius 1 is 1.10 bits per heavy atom. The molecule has 212 valence electrons. The molecule has 9 nitrogen and oxygen atoms in total. The molecule has 1 N–H and O–H groups in total. The highest BCUT2D eigenvalue weighted by Gasteiger charge is 2.40. The number of piperazine rings is 1. The van der Waals surface area contributed by atoms with E-state index < -0.39 is 16.1 Å². The van der Waals surface area contributed by atoms with Crippen LogP contribution in [-0.4, -0.2) is 70.3 Å². The van der Waals surface area contributed by atoms with Gasteiger partial charge in [0.05, 0.1) is 11.0 Å². The van der Waals surface area contributed by atoms with Gasteiger partial charge in [0.2, 0.25) is 5.91 Å². The second kappa shape index (κ2) is 12.6. The van der Waals surface area contributed by atoms with E-state index in [2.05, 4.69) is 33.6 Å². The summed E-state index contributed by atoms with van der Waals surface area (Å²) in [6.07, 6.45) is 8.02. The van der Waals surface area contributed by atoms with E-state index in [1.54, 1.807) is 29.9 Å². The molecule has 0 bridgehead atoms. The SMILES string of the molecule is CCCCCCN1CCN(S(=O)(=O)c2cccs2)[C@H](C(=O)Nc2ccc3c(c2)nc(-c2cccnc2)n3CC)C1. The summed E-state index contributed by atoms with van der Waals surface area (Å²) >= 11 is 1.18. The summed E-state index contributed by atoms with van der Waals surface area (Å²) in [6.45, 7) is 7.08. The second-order valence-electron chi connectivity index (χ2n) is 10.0. The topological polar surface area (TPSA) is 100 Å². The lowest BCUT2D eigenvalue weighted by Crippen LogP contribution is -2.59. The number of hydrogen-bond acceptors (Lipinski definition) is 7. The lowest BCUT2D eigenvalue weighted by Gasteiger charge is -2.39. The zero-order chi connectivity index (χ0) is 28.1. The molecule has 5 rings (SSSR count). The Kier molecular flexibility index (Phi) is 8.94. The number of aromatic nitrogens is 3. The molecule has 0 unspecified atom stereocenters. The molecule has 1 aromatic carbocycles. The van der Waals surface area contributed by atoms with Crippen molar-refractivity contribution in [1.82, 2.24) is 23.7 Å². The van der Waals surface area contributed by atoms with E-state index in [0.717, 1.165) is 54.8 Å². The molecule has 1 atom stereocenters. The van der Waals surface area contributed by atoms with Crippen molar-refractivity contribution >= 4 is 44.0 Å². The summed E-state index contributed by atoms with van der Waals surface area (Å²) < 4.78 is 30.8. The number of rotatable bonds is 11. The largest absolute Gasteiger partial charge is 0.325 e. The first-order valence-electron chi connectivity index (χ1n) is 13.9. The maximum absolute atomic E-state index is 13.7. The maximum atomic E-state index is 13.7. The summed E-state index contributed by atoms with van der Waals surface area (Å²) in [5.41, 5.74) is 3.21. The Balaban J connectivity index is 1.40. The molecule has 1 aliphatic rings. The number of amides is 1. The van der Waals surface area contributed by atoms with Crippen LogP contribution in [-0.2, 0) is 21.4 Å². The Labute approximate surface area is 239 Å². The molecule has 40 heavy (non-hydrogen) atoms. The van der Waals surface area contributed by atoms with Crippen LogP contribution in [0, 0.1) is 0 Å². The lowest BCUT2D eigenvalue weighted by molar-refractivity contribution is -0.121. The summed E-state index contributed by atoms with van der Waals surface area (Å²) in [6, 6.07) is 12.0. The quantitative estimate of drug-likeness (QED) is 0.249. The number of pyridine rings is 1. The van der Waals surface area contributed by atoms with E-state index in [1.807, 2.05) is 30.3 Å². The summed E-state index contributed by atoms with van der Waals surface area (Å²) in [5, 5.41) is 4.75. The first-order chi connectivity index (χ1) is 19.4. The number of benzene rings is 1. The van der Waals surface area contributed by atoms with Crippen LogP contribution in [0.5, 0.6) is 0 Å². The number of carbonyl (C=O) groups excluding carboxylic acids is 1. The Hall–Kier alpha value is -3.12. The van der Waals surface area contributed by atoms with Gasteiger partial charge in [0.1, 0.15) is 16.1 Å². The number of carbonyl (C=O) groups is 1. The highest BCUT2D eigenvalue weighted by Crippen LogP contribution is 2.28. The molecule has 1 amide bonds. The van der Waals surface area contributed by atoms with Gasteiger partial charge in [0, 0.05) is 49.8 Å². The van der Waals surface area contributed by atoms with Crippen molar-refractivity contribution < 1.29 is 13.2 Å². The lowest BCUT2D eigenvalue weighted by atomic mass is 10.1. The van der Waals surface area contributed by atoms with E-state index in [-0.39, 0.29) is 16.7 Å². The van der Waals surface area contributed by atoms with Crippen LogP contribution in [0.3, 0.4) is 0 Å². The van der Waals surface area contributed by atoms with Gasteiger partial charge >= 0.3 is 0 Å². The molecule has 0 spiro atoms. The van der Waals surface area contributed by atoms with E-state index in [9.17, 15) is 13.2 Å². The summed E-state index contributed by atoms with van der Waals surface area (Å²) in [7, 11) is -3.79. The van der Waals surface area contributed by atoms with Crippen molar-refractivity contribution in [1.29, 1.82) is 0 Å². The minimum Gasteiger partial charge on any atom is -0.325 e. The molecule has 0 radical (unpaired) electrons. The Morgan fingerprint density at radius 2 is 1.98 bits per heavy atom. The molecule has 1 aliphatic heterocycles. The van der Waals surface area contributed by atoms with Gasteiger partial charge in [-0.2, -0.15) is 4.31 Å². The number of thiophene rings is 1. The fourth-order valence-corrected chi connectivity index (χ4v) is 7.97. The zero-order valence-electron chi connectivity index (χ0n) is 23.0. The van der Waals surface area contributed by atoms with Gasteiger partial charge in [-0.1, -0.05) is 32.3 Å². The van der Waals surface area contributed by atoms with E-state index >= 15 is 0 Å². The fraction of sp³-hybridized carbons (Fsp3) is 0.414. The van der Waals surface area contributed by atoms with Gasteiger partial charge in [-0.15, -0.1) is 11.3 Å². The molecule has 0 saturated carbocycles. The van der Waals surface area contributed by atoms with Crippen LogP contribution >= 0.6 is 11.3 Å². The predicted molar refractivity (Wildman–Crippen MR) is 160 cm³/mol. The number of aryl methyl sites for hydroxylation is 1. The van der Waals surface area contributed by atoms with Crippen molar-refractivity contribution in [2.45, 2.75) is 56.3 Å². The highest BCUT2D eigenvalue weighted by molar-refractivity contribution is 7.91. The number of hydrogen-bond donors (Lipinski definition) is 1. The third kappa shape index (κ3) is 5.97. The number of anilines is 1. The van der Waals surface area contributed by atoms with Crippen molar-refractivity contribution in [2.24, 2.45) is 0 Å². The molecular weight excluding hydrogens is 544 g/mol. The standard InChI is InChI=1S/C29H36N6O3S2/c1-3-5-6-7-15-33-16-17-35(40(37,38)27-11-9-18-39-27)26(21-33)29(36)31-23-12-13-25-24(19-23)32-28(34(25)4-2)22-10-8-14-30-20-22/h8-14,18-20,26H,3-7,15-17,21H2,1-2H3,(H,31,36)/t26-/m0/s1. The molecule has 11 heteroatoms. The maximum Gasteiger partial charge on any atom is 0.253 e. The van der Waals surface area contributed by atoms with Crippen molar-refractivity contribution in [2.75, 3.05) is 31.5 Å². The van der Waals surface area contributed by atoms with Crippen LogP contribution in [0.2, 0.25) is 0 Å². The first kappa shape index (κ1) is 28.4. The van der Waals surface area contributed by atoms with Crippen LogP contribution in [0.4, 0.5) is 5.69 Å². The zero-order valence-corrected chi connectivity index (χ0v) is 24.6. The van der Waals surface area contributed by atoms with Crippen LogP contribution in [0.1, 0.15) is 39.5 Å². The normalized spacial score (nSPS) is 16.9. The number of imidazole rings is 1. The number of fused-ring (bicyclic) bond motifs is 1. The van der Waals surface area contributed by atoms with Crippen molar-refractivity contribution in [3.63, 3.8) is 0 Å². The summed E-state index contributed by atoms with van der Waals surface area (Å²) in [4.78, 5) is 25.0. The summed E-state index contributed by atoms with van der Waals surface area (Å²) in [5.74, 6) is 0.480. The predicted octanol–water partition coefficient (Wildman–Crippen LogP) is 5.07. The monoisotopic (exact) mass is 580 g/mol. The number of nitrogens with one attached hydrogen (secondary N) is 1. The minimum absolute atomic E-state index is 0.260. The number of sulfonamides is 1. The molecule has 3 aromatic heterocycles. The van der Waals surface area contributed by atoms with E-state index in [1.165, 1.54) is 22.1 Å². The van der Waals surface area contributed by atoms with Gasteiger partial charge < -0.3 is 9.88 Å². The van der Waals surface area contributed by atoms with Gasteiger partial charge in [0.15, 0.2) is 0 Å². The van der Waals surface area contributed by atoms with E-state index in [0.29, 0.717) is 18.8 Å². The second-order valence-corrected chi connectivity index (χ2v) is 13.1. The molecule has 4 aromatic rings. The Morgan fingerprint density at radius 3 is 2.70 bits per heavy atom. The van der Waals surface area contributed by atoms with Crippen molar-refractivity contribution in [3.8, 4) is 11.4 Å². The molecule has 0 aliphatic carbocycles. The van der Waals surface area contributed by atoms with Crippen LogP contribution < -0.4 is 5.32 Å². The minimum atomic E-state index is -3.79. The van der Waals surface area contributed by atoms with Crippen molar-refractivity contribution in [3.05, 3.63) is 60.2 Å². The Bertz CT molecular complexity index is 1540. The van der Waals surface area contributed by atoms with Gasteiger partial charge in [-0.3, -0.25) is 14.7 Å². The third-order valence-corrected chi connectivity index (χ3v) is 10.6. The number of unbranched alkanes of at least 4 members (excludes halogenated alkanes) is 3. The van der Waals surface area contributed by atoms with Crippen LogP contribution in [0.25, 0.3) is 22.4 Å². The highest BCUT2D eigenvalue weighted by atomic mass is 32.2. The van der Waals surface area contributed by atoms with Gasteiger partial charge in [-0.25, -0.2) is 13.4 Å². The fourth-order valence-electron chi connectivity index (χ4n) is 5.28. The number of nitrogens with zero attached hydrogens (tertiary/aromatic N) is 5.